The summed E-state index contributed by atoms with van der Waals surface area (Å²) >= 11 is 0. The van der Waals surface area contributed by atoms with Crippen molar-refractivity contribution in [1.82, 2.24) is 4.90 Å². The molecule has 3 heteroatoms. The molecule has 1 aliphatic rings. The molecule has 0 saturated carbocycles. The number of carbonyl (C=O) groups is 1. The number of carbonyl (C=O) groups excluding carboxylic acids is 1. The van der Waals surface area contributed by atoms with Crippen molar-refractivity contribution >= 4 is 11.5 Å². The van der Waals surface area contributed by atoms with E-state index in [0.29, 0.717) is 5.92 Å². The Labute approximate surface area is 133 Å². The second-order valence-electron chi connectivity index (χ2n) is 6.29. The number of hydrogen-bond donors (Lipinski definition) is 1. The topological polar surface area (TPSA) is 40.5 Å². The summed E-state index contributed by atoms with van der Waals surface area (Å²) in [5.41, 5.74) is 3.44. The first-order chi connectivity index (χ1) is 10.5. The summed E-state index contributed by atoms with van der Waals surface area (Å²) in [6.45, 7) is 7.48. The van der Waals surface area contributed by atoms with Crippen molar-refractivity contribution in [3.05, 3.63) is 41.5 Å². The van der Waals surface area contributed by atoms with Crippen molar-refractivity contribution in [3.63, 3.8) is 0 Å². The Morgan fingerprint density at radius 2 is 1.91 bits per heavy atom. The number of aliphatic hydroxyl groups excluding tert-OH is 1. The van der Waals surface area contributed by atoms with E-state index in [2.05, 4.69) is 38.1 Å². The number of nitrogens with zero attached hydrogens (tertiary/aromatic N) is 1. The lowest BCUT2D eigenvalue weighted by Gasteiger charge is -2.32. The van der Waals surface area contributed by atoms with Crippen LogP contribution in [0.25, 0.3) is 5.57 Å². The summed E-state index contributed by atoms with van der Waals surface area (Å²) in [4.78, 5) is 14.4. The minimum atomic E-state index is -0.272. The molecule has 2 rings (SSSR count). The van der Waals surface area contributed by atoms with Gasteiger partial charge in [0.1, 0.15) is 0 Å². The summed E-state index contributed by atoms with van der Waals surface area (Å²) in [6, 6.07) is 8.32. The Balaban J connectivity index is 2.04. The molecule has 1 aromatic carbocycles. The van der Waals surface area contributed by atoms with Gasteiger partial charge in [-0.2, -0.15) is 0 Å². The molecule has 1 unspecified atom stereocenters. The second kappa shape index (κ2) is 7.59. The number of allylic oxidation sites excluding steroid dienone is 1. The molecule has 1 saturated heterocycles. The third-order valence-electron chi connectivity index (χ3n) is 4.63. The van der Waals surface area contributed by atoms with Crippen molar-refractivity contribution in [2.45, 2.75) is 46.1 Å². The van der Waals surface area contributed by atoms with Gasteiger partial charge in [0.25, 0.3) is 0 Å². The fraction of sp³-hybridized carbons (Fsp3) is 0.526. The zero-order valence-corrected chi connectivity index (χ0v) is 13.9. The first kappa shape index (κ1) is 16.8. The summed E-state index contributed by atoms with van der Waals surface area (Å²) in [5, 5.41) is 9.64. The van der Waals surface area contributed by atoms with Gasteiger partial charge >= 0.3 is 0 Å². The summed E-state index contributed by atoms with van der Waals surface area (Å²) in [7, 11) is 0. The van der Waals surface area contributed by atoms with Crippen LogP contribution in [-0.4, -0.2) is 35.1 Å². The van der Waals surface area contributed by atoms with E-state index in [0.717, 1.165) is 43.5 Å². The molecule has 0 bridgehead atoms. The molecule has 0 spiro atoms. The first-order valence-corrected chi connectivity index (χ1v) is 8.25. The highest BCUT2D eigenvalue weighted by atomic mass is 16.3. The highest BCUT2D eigenvalue weighted by Crippen LogP contribution is 2.23. The SMILES string of the molecule is CCC(=CC(=O)N1CCC(C(C)O)CC1)c1ccc(C)cc1. The van der Waals surface area contributed by atoms with Gasteiger partial charge in [-0.1, -0.05) is 36.8 Å². The Morgan fingerprint density at radius 3 is 2.41 bits per heavy atom. The molecule has 1 fully saturated rings. The maximum Gasteiger partial charge on any atom is 0.246 e. The normalized spacial score (nSPS) is 18.4. The number of amides is 1. The Morgan fingerprint density at radius 1 is 1.32 bits per heavy atom. The number of piperidine rings is 1. The average Bonchev–Trinajstić information content (AvgIpc) is 2.53. The van der Waals surface area contributed by atoms with Crippen molar-refractivity contribution in [2.24, 2.45) is 5.92 Å². The molecule has 1 heterocycles. The van der Waals surface area contributed by atoms with Crippen molar-refractivity contribution in [3.8, 4) is 0 Å². The fourth-order valence-electron chi connectivity index (χ4n) is 3.00. The molecule has 0 aromatic heterocycles. The Bertz CT molecular complexity index is 523. The smallest absolute Gasteiger partial charge is 0.246 e. The number of rotatable bonds is 4. The van der Waals surface area contributed by atoms with E-state index in [1.54, 1.807) is 6.08 Å². The summed E-state index contributed by atoms with van der Waals surface area (Å²) in [5.74, 6) is 0.428. The molecule has 1 aliphatic heterocycles. The van der Waals surface area contributed by atoms with E-state index < -0.39 is 0 Å². The van der Waals surface area contributed by atoms with Gasteiger partial charge < -0.3 is 10.0 Å². The quantitative estimate of drug-likeness (QED) is 0.866. The van der Waals surface area contributed by atoms with Crippen LogP contribution < -0.4 is 0 Å². The number of aliphatic hydroxyl groups is 1. The van der Waals surface area contributed by atoms with Gasteiger partial charge in [-0.05, 0) is 50.2 Å². The molecule has 3 nitrogen and oxygen atoms in total. The molecular formula is C19H27NO2. The minimum absolute atomic E-state index is 0.0986. The second-order valence-corrected chi connectivity index (χ2v) is 6.29. The van der Waals surface area contributed by atoms with E-state index in [1.807, 2.05) is 11.8 Å². The highest BCUT2D eigenvalue weighted by molar-refractivity contribution is 5.95. The molecule has 1 aromatic rings. The first-order valence-electron chi connectivity index (χ1n) is 8.25. The summed E-state index contributed by atoms with van der Waals surface area (Å²) in [6.07, 6.45) is 4.14. The molecule has 22 heavy (non-hydrogen) atoms. The van der Waals surface area contributed by atoms with Crippen LogP contribution in [0.3, 0.4) is 0 Å². The zero-order valence-electron chi connectivity index (χ0n) is 13.9. The summed E-state index contributed by atoms with van der Waals surface area (Å²) < 4.78 is 0. The molecular weight excluding hydrogens is 274 g/mol. The van der Waals surface area contributed by atoms with Crippen molar-refractivity contribution in [1.29, 1.82) is 0 Å². The monoisotopic (exact) mass is 301 g/mol. The molecule has 120 valence electrons. The van der Waals surface area contributed by atoms with Crippen LogP contribution in [0, 0.1) is 12.8 Å². The largest absolute Gasteiger partial charge is 0.393 e. The van der Waals surface area contributed by atoms with Gasteiger partial charge in [0, 0.05) is 19.2 Å². The van der Waals surface area contributed by atoms with E-state index in [-0.39, 0.29) is 12.0 Å². The Kier molecular flexibility index (Phi) is 5.78. The fourth-order valence-corrected chi connectivity index (χ4v) is 3.00. The highest BCUT2D eigenvalue weighted by Gasteiger charge is 2.24. The van der Waals surface area contributed by atoms with Crippen LogP contribution in [0.1, 0.15) is 44.2 Å². The van der Waals surface area contributed by atoms with E-state index in [4.69, 9.17) is 0 Å². The minimum Gasteiger partial charge on any atom is -0.393 e. The van der Waals surface area contributed by atoms with Gasteiger partial charge in [-0.3, -0.25) is 4.79 Å². The maximum atomic E-state index is 12.5. The molecule has 0 aliphatic carbocycles. The average molecular weight is 301 g/mol. The van der Waals surface area contributed by atoms with Crippen LogP contribution in [-0.2, 0) is 4.79 Å². The van der Waals surface area contributed by atoms with Gasteiger partial charge in [0.2, 0.25) is 5.91 Å². The van der Waals surface area contributed by atoms with Gasteiger partial charge in [-0.25, -0.2) is 0 Å². The van der Waals surface area contributed by atoms with Gasteiger partial charge in [-0.15, -0.1) is 0 Å². The van der Waals surface area contributed by atoms with Crippen LogP contribution in [0.5, 0.6) is 0 Å². The standard InChI is InChI=1S/C19H27NO2/c1-4-16(18-7-5-14(2)6-8-18)13-19(22)20-11-9-17(10-12-20)15(3)21/h5-8,13,15,17,21H,4,9-12H2,1-3H3. The predicted molar refractivity (Wildman–Crippen MR) is 90.4 cm³/mol. The Hall–Kier alpha value is -1.61. The lowest BCUT2D eigenvalue weighted by molar-refractivity contribution is -0.127. The predicted octanol–water partition coefficient (Wildman–Crippen LogP) is 3.41. The van der Waals surface area contributed by atoms with Crippen LogP contribution in [0.15, 0.2) is 30.3 Å². The number of hydrogen-bond acceptors (Lipinski definition) is 2. The molecule has 1 atom stereocenters. The van der Waals surface area contributed by atoms with Gasteiger partial charge in [0.05, 0.1) is 6.10 Å². The number of benzene rings is 1. The third-order valence-corrected chi connectivity index (χ3v) is 4.63. The van der Waals surface area contributed by atoms with E-state index >= 15 is 0 Å². The van der Waals surface area contributed by atoms with Crippen LogP contribution >= 0.6 is 0 Å². The lowest BCUT2D eigenvalue weighted by atomic mass is 9.92. The number of aryl methyl sites for hydroxylation is 1. The lowest BCUT2D eigenvalue weighted by Crippen LogP contribution is -2.40. The van der Waals surface area contributed by atoms with E-state index in [1.165, 1.54) is 5.56 Å². The van der Waals surface area contributed by atoms with Crippen molar-refractivity contribution in [2.75, 3.05) is 13.1 Å². The third kappa shape index (κ3) is 4.20. The van der Waals surface area contributed by atoms with Crippen LogP contribution in [0.4, 0.5) is 0 Å². The van der Waals surface area contributed by atoms with Crippen LogP contribution in [0.2, 0.25) is 0 Å². The zero-order chi connectivity index (χ0) is 16.1. The van der Waals surface area contributed by atoms with E-state index in [9.17, 15) is 9.90 Å². The van der Waals surface area contributed by atoms with Crippen molar-refractivity contribution < 1.29 is 9.90 Å². The molecule has 1 N–H and O–H groups in total. The van der Waals surface area contributed by atoms with Gasteiger partial charge in [0.15, 0.2) is 0 Å². The number of likely N-dealkylation sites (tertiary alicyclic amines) is 1. The molecule has 0 radical (unpaired) electrons. The maximum absolute atomic E-state index is 12.5. The molecule has 1 amide bonds.